The highest BCUT2D eigenvalue weighted by Crippen LogP contribution is 2.44. The minimum absolute atomic E-state index is 0.729. The number of hydrogen-bond acceptors (Lipinski definition) is 1. The fraction of sp³-hybridized carbons (Fsp3) is 0.800. The van der Waals surface area contributed by atoms with Crippen molar-refractivity contribution in [1.82, 2.24) is 4.98 Å². The molecular weight excluding hydrogens is 314 g/mol. The van der Waals surface area contributed by atoms with E-state index in [1.165, 1.54) is 101 Å². The van der Waals surface area contributed by atoms with Crippen LogP contribution < -0.4 is 0 Å². The molecule has 1 aromatic heterocycles. The highest BCUT2D eigenvalue weighted by molar-refractivity contribution is 5.17. The van der Waals surface area contributed by atoms with Gasteiger partial charge in [0.25, 0.3) is 0 Å². The molecule has 0 N–H and O–H groups in total. The Balaban J connectivity index is 1.41. The molecule has 2 aliphatic carbocycles. The lowest BCUT2D eigenvalue weighted by molar-refractivity contribution is 0.155. The maximum absolute atomic E-state index is 4.83. The minimum atomic E-state index is 0.729. The highest BCUT2D eigenvalue weighted by atomic mass is 14.7. The van der Waals surface area contributed by atoms with Gasteiger partial charge < -0.3 is 0 Å². The molecule has 0 aromatic carbocycles. The van der Waals surface area contributed by atoms with Crippen LogP contribution in [0.2, 0.25) is 0 Å². The molecule has 2 saturated carbocycles. The van der Waals surface area contributed by atoms with E-state index in [2.05, 4.69) is 32.2 Å². The molecule has 0 aliphatic heterocycles. The third kappa shape index (κ3) is 5.57. The van der Waals surface area contributed by atoms with Crippen LogP contribution in [-0.4, -0.2) is 4.98 Å². The zero-order chi connectivity index (χ0) is 18.2. The first-order valence-corrected chi connectivity index (χ1v) is 11.7. The molecule has 0 spiro atoms. The molecule has 146 valence electrons. The van der Waals surface area contributed by atoms with Gasteiger partial charge in [-0.2, -0.15) is 0 Å². The van der Waals surface area contributed by atoms with Crippen LogP contribution in [0.3, 0.4) is 0 Å². The van der Waals surface area contributed by atoms with E-state index in [1.807, 2.05) is 0 Å². The van der Waals surface area contributed by atoms with E-state index in [0.29, 0.717) is 0 Å². The molecule has 1 aromatic rings. The lowest BCUT2D eigenvalue weighted by Crippen LogP contribution is -2.25. The molecule has 0 bridgehead atoms. The van der Waals surface area contributed by atoms with Crippen LogP contribution in [0, 0.1) is 17.8 Å². The van der Waals surface area contributed by atoms with Crippen molar-refractivity contribution in [3.63, 3.8) is 0 Å². The van der Waals surface area contributed by atoms with E-state index < -0.39 is 0 Å². The number of rotatable bonds is 8. The van der Waals surface area contributed by atoms with Crippen LogP contribution in [0.15, 0.2) is 18.3 Å². The summed E-state index contributed by atoms with van der Waals surface area (Å²) in [5.74, 6) is 3.84. The van der Waals surface area contributed by atoms with Crippen LogP contribution in [0.25, 0.3) is 0 Å². The largest absolute Gasteiger partial charge is 0.261 e. The van der Waals surface area contributed by atoms with Crippen LogP contribution >= 0.6 is 0 Å². The van der Waals surface area contributed by atoms with Gasteiger partial charge in [-0.3, -0.25) is 4.98 Å². The fourth-order valence-corrected chi connectivity index (χ4v) is 5.53. The molecule has 2 fully saturated rings. The average molecular weight is 356 g/mol. The number of aryl methyl sites for hydroxylation is 1. The monoisotopic (exact) mass is 355 g/mol. The van der Waals surface area contributed by atoms with Crippen LogP contribution in [0.1, 0.15) is 114 Å². The Hall–Kier alpha value is -0.850. The van der Waals surface area contributed by atoms with Crippen molar-refractivity contribution in [3.05, 3.63) is 29.6 Å². The van der Waals surface area contributed by atoms with Crippen molar-refractivity contribution in [2.24, 2.45) is 17.8 Å². The van der Waals surface area contributed by atoms with Crippen LogP contribution in [-0.2, 0) is 6.42 Å². The molecule has 1 heteroatoms. The van der Waals surface area contributed by atoms with E-state index in [0.717, 1.165) is 23.7 Å². The molecule has 1 nitrogen and oxygen atoms in total. The Morgan fingerprint density at radius 3 is 2.04 bits per heavy atom. The van der Waals surface area contributed by atoms with E-state index in [9.17, 15) is 0 Å². The summed E-state index contributed by atoms with van der Waals surface area (Å²) < 4.78 is 0. The van der Waals surface area contributed by atoms with E-state index >= 15 is 0 Å². The van der Waals surface area contributed by atoms with Crippen molar-refractivity contribution in [2.45, 2.75) is 110 Å². The van der Waals surface area contributed by atoms with Gasteiger partial charge in [-0.15, -0.1) is 0 Å². The second-order valence-electron chi connectivity index (χ2n) is 9.23. The smallest absolute Gasteiger partial charge is 0.0434 e. The van der Waals surface area contributed by atoms with Gasteiger partial charge in [0.15, 0.2) is 0 Å². The maximum atomic E-state index is 4.83. The van der Waals surface area contributed by atoms with Crippen LogP contribution in [0.4, 0.5) is 0 Å². The molecular formula is C25H41N. The molecule has 3 rings (SSSR count). The third-order valence-corrected chi connectivity index (χ3v) is 7.38. The highest BCUT2D eigenvalue weighted by Gasteiger charge is 2.31. The Morgan fingerprint density at radius 2 is 1.46 bits per heavy atom. The number of pyridine rings is 1. The molecule has 0 atom stereocenters. The van der Waals surface area contributed by atoms with Gasteiger partial charge in [-0.1, -0.05) is 58.4 Å². The summed E-state index contributed by atoms with van der Waals surface area (Å²) in [6.07, 6.45) is 22.0. The normalized spacial score (nSPS) is 29.6. The van der Waals surface area contributed by atoms with Crippen molar-refractivity contribution in [3.8, 4) is 0 Å². The van der Waals surface area contributed by atoms with Crippen LogP contribution in [0.5, 0.6) is 0 Å². The summed E-state index contributed by atoms with van der Waals surface area (Å²) in [5, 5.41) is 0. The van der Waals surface area contributed by atoms with Gasteiger partial charge >= 0.3 is 0 Å². The lowest BCUT2D eigenvalue weighted by Gasteiger charge is -2.37. The first-order valence-electron chi connectivity index (χ1n) is 11.7. The quantitative estimate of drug-likeness (QED) is 0.465. The molecule has 1 heterocycles. The van der Waals surface area contributed by atoms with Gasteiger partial charge in [0.05, 0.1) is 0 Å². The van der Waals surface area contributed by atoms with E-state index in [1.54, 1.807) is 0 Å². The summed E-state index contributed by atoms with van der Waals surface area (Å²) in [7, 11) is 0. The first kappa shape index (κ1) is 19.9. The number of hydrogen-bond donors (Lipinski definition) is 0. The number of unbranched alkanes of at least 4 members (excludes halogenated alkanes) is 2. The van der Waals surface area contributed by atoms with Gasteiger partial charge in [0.2, 0.25) is 0 Å². The van der Waals surface area contributed by atoms with Crippen molar-refractivity contribution in [2.75, 3.05) is 0 Å². The van der Waals surface area contributed by atoms with Gasteiger partial charge in [0.1, 0.15) is 0 Å². The molecule has 26 heavy (non-hydrogen) atoms. The maximum Gasteiger partial charge on any atom is 0.0434 e. The molecule has 2 aliphatic rings. The summed E-state index contributed by atoms with van der Waals surface area (Å²) in [6.45, 7) is 4.59. The Kier molecular flexibility index (Phi) is 8.02. The summed E-state index contributed by atoms with van der Waals surface area (Å²) in [4.78, 5) is 4.83. The number of nitrogens with zero attached hydrogens (tertiary/aromatic N) is 1. The Bertz CT molecular complexity index is 489. The van der Waals surface area contributed by atoms with Crippen molar-refractivity contribution in [1.29, 1.82) is 0 Å². The van der Waals surface area contributed by atoms with Gasteiger partial charge in [0, 0.05) is 17.8 Å². The summed E-state index contributed by atoms with van der Waals surface area (Å²) >= 11 is 0. The average Bonchev–Trinajstić information content (AvgIpc) is 2.72. The molecule has 0 saturated heterocycles. The van der Waals surface area contributed by atoms with Crippen molar-refractivity contribution >= 4 is 0 Å². The van der Waals surface area contributed by atoms with E-state index in [4.69, 9.17) is 4.98 Å². The molecule has 0 amide bonds. The third-order valence-electron chi connectivity index (χ3n) is 7.38. The first-order chi connectivity index (χ1) is 12.8. The second-order valence-corrected chi connectivity index (χ2v) is 9.23. The zero-order valence-electron chi connectivity index (χ0n) is 17.4. The fourth-order valence-electron chi connectivity index (χ4n) is 5.53. The Morgan fingerprint density at radius 1 is 0.808 bits per heavy atom. The lowest BCUT2D eigenvalue weighted by atomic mass is 9.68. The summed E-state index contributed by atoms with van der Waals surface area (Å²) in [6, 6.07) is 4.66. The standard InChI is InChI=1S/C25H41N/c1-3-5-7-20-9-12-22(13-10-20)23-14-16-24(17-15-23)25-18-11-21(19-26-25)8-6-4-2/h11,18-20,22-24H,3-10,12-17H2,1-2H3. The van der Waals surface area contributed by atoms with Crippen molar-refractivity contribution < 1.29 is 0 Å². The second kappa shape index (κ2) is 10.5. The topological polar surface area (TPSA) is 12.9 Å². The molecule has 0 radical (unpaired) electrons. The van der Waals surface area contributed by atoms with E-state index in [-0.39, 0.29) is 0 Å². The van der Waals surface area contributed by atoms with Gasteiger partial charge in [-0.05, 0) is 80.8 Å². The summed E-state index contributed by atoms with van der Waals surface area (Å²) in [5.41, 5.74) is 2.79. The SMILES string of the molecule is CCCCc1ccc(C2CCC(C3CCC(CCCC)CC3)CC2)nc1. The van der Waals surface area contributed by atoms with Gasteiger partial charge in [-0.25, -0.2) is 0 Å². The zero-order valence-corrected chi connectivity index (χ0v) is 17.4. The number of aromatic nitrogens is 1. The minimum Gasteiger partial charge on any atom is -0.261 e. The Labute approximate surface area is 162 Å². The predicted octanol–water partition coefficient (Wildman–Crippen LogP) is 7.69. The predicted molar refractivity (Wildman–Crippen MR) is 113 cm³/mol. The molecule has 0 unspecified atom stereocenters.